The second-order valence-corrected chi connectivity index (χ2v) is 15.1. The number of carboxylic acids is 2. The Kier molecular flexibility index (Phi) is 17.5. The first-order chi connectivity index (χ1) is 28.1. The monoisotopic (exact) mass is 824 g/mol. The number of rotatable bonds is 12. The number of nitrogens with zero attached hydrogens (tertiary/aromatic N) is 2. The van der Waals surface area contributed by atoms with E-state index in [1.807, 2.05) is 17.9 Å². The number of amides is 2. The van der Waals surface area contributed by atoms with Crippen LogP contribution in [0, 0.1) is 5.82 Å². The van der Waals surface area contributed by atoms with Crippen LogP contribution in [0.2, 0.25) is 0 Å². The molecule has 60 heavy (non-hydrogen) atoms. The van der Waals surface area contributed by atoms with E-state index in [4.69, 9.17) is 5.11 Å². The van der Waals surface area contributed by atoms with Gasteiger partial charge in [-0.2, -0.15) is 13.2 Å². The van der Waals surface area contributed by atoms with Crippen molar-refractivity contribution in [3.8, 4) is 0 Å². The molecule has 0 radical (unpaired) electrons. The predicted molar refractivity (Wildman–Crippen MR) is 211 cm³/mol. The molecule has 2 saturated heterocycles. The number of benzene rings is 4. The van der Waals surface area contributed by atoms with Gasteiger partial charge < -0.3 is 25.6 Å². The molecule has 4 aromatic carbocycles. The van der Waals surface area contributed by atoms with Crippen molar-refractivity contribution in [2.75, 3.05) is 13.1 Å². The minimum atomic E-state index is -4.41. The minimum Gasteiger partial charge on any atom is -0.545 e. The zero-order chi connectivity index (χ0) is 42.7. The van der Waals surface area contributed by atoms with Gasteiger partial charge in [-0.3, -0.25) is 19.4 Å². The summed E-state index contributed by atoms with van der Waals surface area (Å²) in [4.78, 5) is 51.7. The summed E-state index contributed by atoms with van der Waals surface area (Å²) in [6.07, 6.45) is 0.739. The van der Waals surface area contributed by atoms with Gasteiger partial charge in [0.1, 0.15) is 5.82 Å². The molecule has 2 aliphatic rings. The number of carbonyl (C=O) groups is 4. The smallest absolute Gasteiger partial charge is 0.545 e. The van der Waals surface area contributed by atoms with Crippen LogP contribution in [-0.2, 0) is 28.9 Å². The van der Waals surface area contributed by atoms with Crippen molar-refractivity contribution in [3.05, 3.63) is 142 Å². The Morgan fingerprint density at radius 3 is 1.58 bits per heavy atom. The van der Waals surface area contributed by atoms with Crippen molar-refractivity contribution >= 4 is 23.8 Å². The predicted octanol–water partition coefficient (Wildman–Crippen LogP) is 4.06. The van der Waals surface area contributed by atoms with Crippen molar-refractivity contribution in [1.29, 1.82) is 0 Å². The number of hydrogen-bond acceptors (Lipinski definition) is 7. The number of halogens is 4. The van der Waals surface area contributed by atoms with Gasteiger partial charge in [-0.05, 0) is 111 Å². The summed E-state index contributed by atoms with van der Waals surface area (Å²) >= 11 is 0. The third-order valence-corrected chi connectivity index (χ3v) is 10.8. The van der Waals surface area contributed by atoms with Gasteiger partial charge in [-0.1, -0.05) is 79.6 Å². The Bertz CT molecular complexity index is 2070. The van der Waals surface area contributed by atoms with Crippen molar-refractivity contribution in [2.45, 2.75) is 95.8 Å². The molecule has 2 aliphatic heterocycles. The minimum absolute atomic E-state index is 0. The van der Waals surface area contributed by atoms with E-state index < -0.39 is 29.7 Å². The molecule has 2 heterocycles. The van der Waals surface area contributed by atoms with E-state index in [1.54, 1.807) is 43.3 Å². The van der Waals surface area contributed by atoms with Crippen molar-refractivity contribution < 1.29 is 65.8 Å². The van der Waals surface area contributed by atoms with E-state index in [-0.39, 0.29) is 72.3 Å². The Labute approximate surface area is 359 Å². The Morgan fingerprint density at radius 2 is 1.15 bits per heavy atom. The van der Waals surface area contributed by atoms with Crippen LogP contribution in [0.1, 0.15) is 113 Å². The SMILES string of the molecule is C[C@H](NC(=O)C1CCCCN1Cc1cccc(C(F)(F)F)c1)c1ccc(C(=O)[O-])cc1.C[C@H](NC(=O)C1CCCCN1Cc1cccc(F)c1)c1ccc(C(=O)O)cc1.[Li+]. The van der Waals surface area contributed by atoms with Gasteiger partial charge in [0.25, 0.3) is 0 Å². The van der Waals surface area contributed by atoms with Gasteiger partial charge in [-0.25, -0.2) is 9.18 Å². The molecule has 2 fully saturated rings. The summed E-state index contributed by atoms with van der Waals surface area (Å²) in [5, 5.41) is 25.9. The van der Waals surface area contributed by atoms with E-state index >= 15 is 0 Å². The quantitative estimate of drug-likeness (QED) is 0.144. The molecule has 4 atom stereocenters. The zero-order valence-corrected chi connectivity index (χ0v) is 34.0. The van der Waals surface area contributed by atoms with Crippen LogP contribution in [0.3, 0.4) is 0 Å². The molecule has 3 N–H and O–H groups in total. The molecule has 2 unspecified atom stereocenters. The van der Waals surface area contributed by atoms with Crippen molar-refractivity contribution in [1.82, 2.24) is 20.4 Å². The van der Waals surface area contributed by atoms with E-state index in [9.17, 15) is 41.8 Å². The molecule has 0 saturated carbocycles. The Morgan fingerprint density at radius 1 is 0.700 bits per heavy atom. The molecule has 314 valence electrons. The normalized spacial score (nSPS) is 18.1. The van der Waals surface area contributed by atoms with Crippen LogP contribution < -0.4 is 34.6 Å². The topological polar surface area (TPSA) is 142 Å². The molecule has 2 amide bonds. The van der Waals surface area contributed by atoms with Crippen molar-refractivity contribution in [2.24, 2.45) is 0 Å². The number of nitrogens with one attached hydrogen (secondary N) is 2. The number of hydrogen-bond donors (Lipinski definition) is 3. The van der Waals surface area contributed by atoms with E-state index in [2.05, 4.69) is 15.5 Å². The van der Waals surface area contributed by atoms with Crippen LogP contribution in [-0.4, -0.2) is 63.8 Å². The molecule has 0 spiro atoms. The van der Waals surface area contributed by atoms with Gasteiger partial charge >= 0.3 is 31.0 Å². The Balaban J connectivity index is 0.000000262. The number of piperidine rings is 2. The third kappa shape index (κ3) is 13.5. The van der Waals surface area contributed by atoms with Crippen molar-refractivity contribution in [3.63, 3.8) is 0 Å². The van der Waals surface area contributed by atoms with Crippen LogP contribution in [0.15, 0.2) is 97.1 Å². The van der Waals surface area contributed by atoms with E-state index in [0.29, 0.717) is 25.1 Å². The number of carboxylic acid groups (broad SMARTS) is 2. The summed E-state index contributed by atoms with van der Waals surface area (Å²) in [5.41, 5.74) is 2.55. The number of likely N-dealkylation sites (tertiary alicyclic amines) is 2. The third-order valence-electron chi connectivity index (χ3n) is 10.8. The molecule has 4 aromatic rings. The summed E-state index contributed by atoms with van der Waals surface area (Å²) < 4.78 is 52.5. The molecule has 6 rings (SSSR count). The molecular formula is C45H49F4LiN4O6. The van der Waals surface area contributed by atoms with Crippen LogP contribution >= 0.6 is 0 Å². The first-order valence-electron chi connectivity index (χ1n) is 19.7. The summed E-state index contributed by atoms with van der Waals surface area (Å²) in [6.45, 7) is 5.91. The maximum absolute atomic E-state index is 13.5. The zero-order valence-electron chi connectivity index (χ0n) is 34.0. The van der Waals surface area contributed by atoms with E-state index in [0.717, 1.165) is 67.5 Å². The van der Waals surface area contributed by atoms with Crippen LogP contribution in [0.4, 0.5) is 17.6 Å². The first-order valence-corrected chi connectivity index (χ1v) is 19.7. The summed E-state index contributed by atoms with van der Waals surface area (Å²) in [5.74, 6) is -2.75. The second-order valence-electron chi connectivity index (χ2n) is 15.1. The summed E-state index contributed by atoms with van der Waals surface area (Å²) in [6, 6.07) is 23.0. The average Bonchev–Trinajstić information content (AvgIpc) is 3.21. The Hall–Kier alpha value is -5.00. The van der Waals surface area contributed by atoms with Crippen LogP contribution in [0.25, 0.3) is 0 Å². The fourth-order valence-electron chi connectivity index (χ4n) is 7.51. The number of aromatic carboxylic acids is 2. The fourth-order valence-corrected chi connectivity index (χ4v) is 7.51. The fraction of sp³-hybridized carbons (Fsp3) is 0.378. The standard InChI is InChI=1S/C23H25F3N2O3.C22H25FN2O3.Li/c1-15(17-8-10-18(11-9-17)22(30)31)27-21(29)20-7-2-3-12-28(20)14-16-5-4-6-19(13-16)23(24,25)26;1-15(17-8-10-18(11-9-17)22(27)28)24-21(26)20-7-2-3-12-25(20)14-16-5-4-6-19(23)13-16;/h4-6,8-11,13,15,20H,2-3,7,12,14H2,1H3,(H,27,29)(H,30,31);4-6,8-11,13,15,20H,2-3,7,12,14H2,1H3,(H,24,26)(H,27,28);/q;;+1/p-1/t2*15-,20?;/m00./s1. The average molecular weight is 825 g/mol. The summed E-state index contributed by atoms with van der Waals surface area (Å²) in [7, 11) is 0. The van der Waals surface area contributed by atoms with Gasteiger partial charge in [0, 0.05) is 13.1 Å². The van der Waals surface area contributed by atoms with Gasteiger partial charge in [0.15, 0.2) is 0 Å². The molecule has 0 aromatic heterocycles. The second kappa shape index (κ2) is 22.0. The van der Waals surface area contributed by atoms with Gasteiger partial charge in [0.05, 0.1) is 41.3 Å². The molecule has 0 aliphatic carbocycles. The maximum atomic E-state index is 13.5. The molecule has 0 bridgehead atoms. The molecular weight excluding hydrogens is 775 g/mol. The maximum Gasteiger partial charge on any atom is 1.00 e. The van der Waals surface area contributed by atoms with Gasteiger partial charge in [-0.15, -0.1) is 0 Å². The number of alkyl halides is 3. The van der Waals surface area contributed by atoms with Gasteiger partial charge in [0.2, 0.25) is 11.8 Å². The largest absolute Gasteiger partial charge is 1.00 e. The van der Waals surface area contributed by atoms with E-state index in [1.165, 1.54) is 42.5 Å². The molecule has 10 nitrogen and oxygen atoms in total. The van der Waals surface area contributed by atoms with Crippen LogP contribution in [0.5, 0.6) is 0 Å². The molecule has 15 heteroatoms. The number of carbonyl (C=O) groups excluding carboxylic acids is 3. The first kappa shape index (κ1) is 47.7.